The Morgan fingerprint density at radius 1 is 1.10 bits per heavy atom. The summed E-state index contributed by atoms with van der Waals surface area (Å²) >= 11 is 0. The maximum Gasteiger partial charge on any atom is 0.277 e. The summed E-state index contributed by atoms with van der Waals surface area (Å²) < 4.78 is 5.54. The van der Waals surface area contributed by atoms with Crippen molar-refractivity contribution in [1.29, 1.82) is 0 Å². The van der Waals surface area contributed by atoms with Crippen molar-refractivity contribution >= 4 is 12.1 Å². The quantitative estimate of drug-likeness (QED) is 0.514. The van der Waals surface area contributed by atoms with Gasteiger partial charge in [-0.2, -0.15) is 5.10 Å². The average molecular weight is 397 g/mol. The van der Waals surface area contributed by atoms with Crippen molar-refractivity contribution in [1.82, 2.24) is 5.43 Å². The van der Waals surface area contributed by atoms with Gasteiger partial charge in [0.05, 0.1) is 6.21 Å². The van der Waals surface area contributed by atoms with E-state index in [2.05, 4.69) is 57.3 Å². The van der Waals surface area contributed by atoms with E-state index in [0.29, 0.717) is 11.3 Å². The molecule has 0 radical (unpaired) electrons. The fraction of sp³-hybridized carbons (Fsp3) is 0.417. The zero-order valence-electron chi connectivity index (χ0n) is 18.2. The van der Waals surface area contributed by atoms with E-state index < -0.39 is 0 Å². The minimum atomic E-state index is -0.370. The fourth-order valence-electron chi connectivity index (χ4n) is 3.55. The summed E-state index contributed by atoms with van der Waals surface area (Å²) in [7, 11) is 0. The molecule has 0 heterocycles. The lowest BCUT2D eigenvalue weighted by molar-refractivity contribution is -0.123. The Kier molecular flexibility index (Phi) is 7.07. The molecule has 2 rings (SSSR count). The molecule has 1 amide bonds. The molecule has 0 unspecified atom stereocenters. The van der Waals surface area contributed by atoms with Crippen molar-refractivity contribution in [3.05, 3.63) is 59.2 Å². The van der Waals surface area contributed by atoms with Gasteiger partial charge in [0.1, 0.15) is 11.5 Å². The number of hydrazone groups is 1. The summed E-state index contributed by atoms with van der Waals surface area (Å²) in [5.41, 5.74) is 5.43. The van der Waals surface area contributed by atoms with E-state index in [-0.39, 0.29) is 29.1 Å². The lowest BCUT2D eigenvalue weighted by Gasteiger charge is -2.33. The highest BCUT2D eigenvalue weighted by Gasteiger charge is 2.27. The number of nitrogens with zero attached hydrogens (tertiary/aromatic N) is 1. The van der Waals surface area contributed by atoms with Gasteiger partial charge in [0, 0.05) is 5.56 Å². The Bertz CT molecular complexity index is 863. The molecule has 0 aliphatic carbocycles. The molecule has 2 N–H and O–H groups in total. The lowest BCUT2D eigenvalue weighted by Crippen LogP contribution is -2.25. The van der Waals surface area contributed by atoms with Gasteiger partial charge in [0.25, 0.3) is 5.91 Å². The lowest BCUT2D eigenvalue weighted by atomic mass is 9.72. The molecule has 0 atom stereocenters. The van der Waals surface area contributed by atoms with Gasteiger partial charge in [-0.3, -0.25) is 4.79 Å². The molecule has 5 heteroatoms. The second-order valence-corrected chi connectivity index (χ2v) is 9.29. The smallest absolute Gasteiger partial charge is 0.277 e. The molecule has 2 aromatic rings. The summed E-state index contributed by atoms with van der Waals surface area (Å²) in [6, 6.07) is 13.1. The van der Waals surface area contributed by atoms with Crippen LogP contribution in [0.4, 0.5) is 0 Å². The first-order chi connectivity index (χ1) is 13.5. The van der Waals surface area contributed by atoms with Crippen molar-refractivity contribution in [2.24, 2.45) is 10.5 Å². The van der Waals surface area contributed by atoms with Crippen molar-refractivity contribution in [3.8, 4) is 11.5 Å². The topological polar surface area (TPSA) is 70.9 Å². The predicted molar refractivity (Wildman–Crippen MR) is 118 cm³/mol. The Morgan fingerprint density at radius 2 is 1.76 bits per heavy atom. The standard InChI is InChI=1S/C24H32N2O3/c1-17-7-8-18(21(27)13-17)14-25-26-22(28)15-29-20-11-9-19(10-12-20)24(5,6)16-23(2,3)4/h7-14,27H,15-16H2,1-6H3,(H,26,28). The van der Waals surface area contributed by atoms with E-state index in [1.807, 2.05) is 25.1 Å². The number of phenols is 1. The van der Waals surface area contributed by atoms with Crippen molar-refractivity contribution < 1.29 is 14.6 Å². The van der Waals surface area contributed by atoms with Crippen molar-refractivity contribution in [2.45, 2.75) is 53.4 Å². The molecule has 156 valence electrons. The number of carbonyl (C=O) groups excluding carboxylic acids is 1. The molecule has 0 saturated heterocycles. The van der Waals surface area contributed by atoms with Gasteiger partial charge in [-0.05, 0) is 59.6 Å². The zero-order valence-corrected chi connectivity index (χ0v) is 18.2. The molecule has 29 heavy (non-hydrogen) atoms. The molecule has 0 bridgehead atoms. The van der Waals surface area contributed by atoms with E-state index in [1.165, 1.54) is 11.8 Å². The van der Waals surface area contributed by atoms with Gasteiger partial charge in [-0.1, -0.05) is 52.8 Å². The highest BCUT2D eigenvalue weighted by Crippen LogP contribution is 2.36. The number of carbonyl (C=O) groups is 1. The molecule has 0 saturated carbocycles. The fourth-order valence-corrected chi connectivity index (χ4v) is 3.55. The van der Waals surface area contributed by atoms with Gasteiger partial charge >= 0.3 is 0 Å². The second-order valence-electron chi connectivity index (χ2n) is 9.29. The second kappa shape index (κ2) is 9.12. The van der Waals surface area contributed by atoms with Crippen LogP contribution in [0.3, 0.4) is 0 Å². The van der Waals surface area contributed by atoms with E-state index in [0.717, 1.165) is 12.0 Å². The van der Waals surface area contributed by atoms with Crippen LogP contribution in [0.2, 0.25) is 0 Å². The third-order valence-corrected chi connectivity index (χ3v) is 4.56. The van der Waals surface area contributed by atoms with Gasteiger partial charge in [0.2, 0.25) is 0 Å². The number of hydrogen-bond donors (Lipinski definition) is 2. The number of hydrogen-bond acceptors (Lipinski definition) is 4. The molecule has 0 aliphatic heterocycles. The summed E-state index contributed by atoms with van der Waals surface area (Å²) in [4.78, 5) is 11.9. The van der Waals surface area contributed by atoms with Crippen LogP contribution in [0.5, 0.6) is 11.5 Å². The van der Waals surface area contributed by atoms with Crippen LogP contribution in [0, 0.1) is 12.3 Å². The SMILES string of the molecule is Cc1ccc(C=NNC(=O)COc2ccc(C(C)(C)CC(C)(C)C)cc2)c(O)c1. The molecule has 0 aromatic heterocycles. The first-order valence-electron chi connectivity index (χ1n) is 9.81. The van der Waals surface area contributed by atoms with Crippen LogP contribution in [-0.4, -0.2) is 23.8 Å². The predicted octanol–water partition coefficient (Wildman–Crippen LogP) is 4.94. The molecular weight excluding hydrogens is 364 g/mol. The Morgan fingerprint density at radius 3 is 2.34 bits per heavy atom. The third-order valence-electron chi connectivity index (χ3n) is 4.56. The molecule has 0 aliphatic rings. The maximum absolute atomic E-state index is 11.9. The molecular formula is C24H32N2O3. The number of phenolic OH excluding ortho intramolecular Hbond substituents is 1. The zero-order chi connectivity index (χ0) is 21.7. The van der Waals surface area contributed by atoms with E-state index in [1.54, 1.807) is 12.1 Å². The Labute approximate surface area is 173 Å². The number of benzene rings is 2. The highest BCUT2D eigenvalue weighted by atomic mass is 16.5. The number of aryl methyl sites for hydroxylation is 1. The monoisotopic (exact) mass is 396 g/mol. The van der Waals surface area contributed by atoms with Crippen LogP contribution < -0.4 is 10.2 Å². The molecule has 5 nitrogen and oxygen atoms in total. The minimum absolute atomic E-state index is 0.0599. The van der Waals surface area contributed by atoms with Gasteiger partial charge in [-0.15, -0.1) is 0 Å². The van der Waals surface area contributed by atoms with Gasteiger partial charge < -0.3 is 9.84 Å². The summed E-state index contributed by atoms with van der Waals surface area (Å²) in [5.74, 6) is 0.384. The van der Waals surface area contributed by atoms with Crippen LogP contribution in [0.15, 0.2) is 47.6 Å². The number of nitrogens with one attached hydrogen (secondary N) is 1. The maximum atomic E-state index is 11.9. The number of amides is 1. The first-order valence-corrected chi connectivity index (χ1v) is 9.81. The Balaban J connectivity index is 1.86. The summed E-state index contributed by atoms with van der Waals surface area (Å²) in [6.07, 6.45) is 2.47. The van der Waals surface area contributed by atoms with E-state index in [9.17, 15) is 9.90 Å². The molecule has 0 fully saturated rings. The highest BCUT2D eigenvalue weighted by molar-refractivity contribution is 5.85. The number of rotatable bonds is 7. The summed E-state index contributed by atoms with van der Waals surface area (Å²) in [6.45, 7) is 13.0. The van der Waals surface area contributed by atoms with Crippen LogP contribution in [0.1, 0.15) is 57.7 Å². The largest absolute Gasteiger partial charge is 0.507 e. The van der Waals surface area contributed by atoms with Crippen molar-refractivity contribution in [2.75, 3.05) is 6.61 Å². The third kappa shape index (κ3) is 7.26. The van der Waals surface area contributed by atoms with E-state index in [4.69, 9.17) is 4.74 Å². The van der Waals surface area contributed by atoms with Gasteiger partial charge in [-0.25, -0.2) is 5.43 Å². The normalized spacial score (nSPS) is 12.2. The van der Waals surface area contributed by atoms with Gasteiger partial charge in [0.15, 0.2) is 6.61 Å². The molecule has 0 spiro atoms. The number of ether oxygens (including phenoxy) is 1. The van der Waals surface area contributed by atoms with Crippen LogP contribution >= 0.6 is 0 Å². The Hall–Kier alpha value is -2.82. The van der Waals surface area contributed by atoms with Crippen LogP contribution in [0.25, 0.3) is 0 Å². The van der Waals surface area contributed by atoms with Crippen molar-refractivity contribution in [3.63, 3.8) is 0 Å². The first kappa shape index (κ1) is 22.5. The number of aromatic hydroxyl groups is 1. The molecule has 2 aromatic carbocycles. The minimum Gasteiger partial charge on any atom is -0.507 e. The van der Waals surface area contributed by atoms with E-state index >= 15 is 0 Å². The average Bonchev–Trinajstić information content (AvgIpc) is 2.60. The summed E-state index contributed by atoms with van der Waals surface area (Å²) in [5, 5.41) is 13.7. The van der Waals surface area contributed by atoms with Crippen LogP contribution in [-0.2, 0) is 10.2 Å².